The molecule has 74 valence electrons. The van der Waals surface area contributed by atoms with E-state index in [4.69, 9.17) is 5.73 Å². The van der Waals surface area contributed by atoms with Crippen LogP contribution < -0.4 is 5.73 Å². The van der Waals surface area contributed by atoms with Crippen molar-refractivity contribution in [1.29, 1.82) is 0 Å². The number of benzene rings is 1. The number of nitrogens with zero attached hydrogens (tertiary/aromatic N) is 3. The SMILES string of the molecule is CCC(C)n1nnc2ccc(N)cc21. The first kappa shape index (κ1) is 8.99. The molecule has 0 amide bonds. The van der Waals surface area contributed by atoms with Gasteiger partial charge in [0.2, 0.25) is 0 Å². The molecule has 4 heteroatoms. The van der Waals surface area contributed by atoms with Gasteiger partial charge in [-0.15, -0.1) is 5.10 Å². The van der Waals surface area contributed by atoms with Gasteiger partial charge in [0.05, 0.1) is 11.6 Å². The Morgan fingerprint density at radius 1 is 1.50 bits per heavy atom. The van der Waals surface area contributed by atoms with Crippen molar-refractivity contribution in [2.45, 2.75) is 26.3 Å². The molecular formula is C10H14N4. The number of hydrogen-bond donors (Lipinski definition) is 1. The summed E-state index contributed by atoms with van der Waals surface area (Å²) in [6.45, 7) is 4.25. The first-order valence-corrected chi connectivity index (χ1v) is 4.82. The van der Waals surface area contributed by atoms with Crippen molar-refractivity contribution < 1.29 is 0 Å². The minimum absolute atomic E-state index is 0.363. The standard InChI is InChI=1S/C10H14N4/c1-3-7(2)14-10-6-8(11)4-5-9(10)12-13-14/h4-7H,3,11H2,1-2H3. The van der Waals surface area contributed by atoms with Gasteiger partial charge in [-0.25, -0.2) is 4.68 Å². The Kier molecular flexibility index (Phi) is 2.11. The molecule has 1 unspecified atom stereocenters. The number of rotatable bonds is 2. The molecule has 0 aliphatic carbocycles. The predicted molar refractivity (Wildman–Crippen MR) is 56.9 cm³/mol. The topological polar surface area (TPSA) is 56.7 Å². The van der Waals surface area contributed by atoms with Crippen molar-refractivity contribution in [3.63, 3.8) is 0 Å². The first-order valence-electron chi connectivity index (χ1n) is 4.82. The molecule has 14 heavy (non-hydrogen) atoms. The Balaban J connectivity index is 2.61. The molecule has 2 aromatic rings. The lowest BCUT2D eigenvalue weighted by atomic mass is 10.2. The lowest BCUT2D eigenvalue weighted by Crippen LogP contribution is -2.05. The maximum absolute atomic E-state index is 5.72. The van der Waals surface area contributed by atoms with Gasteiger partial charge in [0, 0.05) is 5.69 Å². The Morgan fingerprint density at radius 3 is 3.00 bits per heavy atom. The van der Waals surface area contributed by atoms with E-state index in [1.165, 1.54) is 0 Å². The fraction of sp³-hybridized carbons (Fsp3) is 0.400. The number of anilines is 1. The second kappa shape index (κ2) is 3.29. The molecule has 1 atom stereocenters. The zero-order chi connectivity index (χ0) is 10.1. The van der Waals surface area contributed by atoms with Crippen molar-refractivity contribution >= 4 is 16.7 Å². The first-order chi connectivity index (χ1) is 6.72. The van der Waals surface area contributed by atoms with Crippen molar-refractivity contribution in [3.05, 3.63) is 18.2 Å². The lowest BCUT2D eigenvalue weighted by molar-refractivity contribution is 0.478. The van der Waals surface area contributed by atoms with Crippen LogP contribution in [0.2, 0.25) is 0 Å². The van der Waals surface area contributed by atoms with E-state index in [0.717, 1.165) is 23.1 Å². The van der Waals surface area contributed by atoms with E-state index in [-0.39, 0.29) is 0 Å². The zero-order valence-corrected chi connectivity index (χ0v) is 8.44. The minimum Gasteiger partial charge on any atom is -0.399 e. The average molecular weight is 190 g/mol. The molecule has 1 aromatic heterocycles. The van der Waals surface area contributed by atoms with Gasteiger partial charge in [-0.2, -0.15) is 0 Å². The third kappa shape index (κ3) is 1.32. The highest BCUT2D eigenvalue weighted by Gasteiger charge is 2.08. The van der Waals surface area contributed by atoms with Crippen molar-refractivity contribution in [3.8, 4) is 0 Å². The third-order valence-electron chi connectivity index (χ3n) is 2.50. The lowest BCUT2D eigenvalue weighted by Gasteiger charge is -2.08. The summed E-state index contributed by atoms with van der Waals surface area (Å²) in [4.78, 5) is 0. The van der Waals surface area contributed by atoms with Crippen LogP contribution in [0.25, 0.3) is 11.0 Å². The highest BCUT2D eigenvalue weighted by Crippen LogP contribution is 2.19. The maximum Gasteiger partial charge on any atom is 0.113 e. The van der Waals surface area contributed by atoms with Crippen LogP contribution >= 0.6 is 0 Å². The molecule has 2 rings (SSSR count). The van der Waals surface area contributed by atoms with E-state index in [1.54, 1.807) is 0 Å². The van der Waals surface area contributed by atoms with Crippen LogP contribution in [0.15, 0.2) is 18.2 Å². The predicted octanol–water partition coefficient (Wildman–Crippen LogP) is 1.98. The van der Waals surface area contributed by atoms with E-state index in [2.05, 4.69) is 24.2 Å². The van der Waals surface area contributed by atoms with Gasteiger partial charge in [-0.05, 0) is 31.5 Å². The molecule has 0 saturated carbocycles. The summed E-state index contributed by atoms with van der Waals surface area (Å²) >= 11 is 0. The van der Waals surface area contributed by atoms with E-state index >= 15 is 0 Å². The smallest absolute Gasteiger partial charge is 0.113 e. The van der Waals surface area contributed by atoms with Gasteiger partial charge in [0.25, 0.3) is 0 Å². The van der Waals surface area contributed by atoms with Crippen LogP contribution in [-0.4, -0.2) is 15.0 Å². The molecule has 0 saturated heterocycles. The van der Waals surface area contributed by atoms with Crippen LogP contribution in [-0.2, 0) is 0 Å². The molecule has 0 radical (unpaired) electrons. The van der Waals surface area contributed by atoms with E-state index < -0.39 is 0 Å². The normalized spacial score (nSPS) is 13.3. The maximum atomic E-state index is 5.72. The van der Waals surface area contributed by atoms with Gasteiger partial charge in [-0.3, -0.25) is 0 Å². The molecular weight excluding hydrogens is 176 g/mol. The van der Waals surface area contributed by atoms with Crippen LogP contribution in [0.5, 0.6) is 0 Å². The van der Waals surface area contributed by atoms with Gasteiger partial charge < -0.3 is 5.73 Å². The summed E-state index contributed by atoms with van der Waals surface area (Å²) in [5.74, 6) is 0. The molecule has 1 heterocycles. The molecule has 1 aromatic carbocycles. The Labute approximate surface area is 82.7 Å². The highest BCUT2D eigenvalue weighted by atomic mass is 15.4. The molecule has 0 fully saturated rings. The van der Waals surface area contributed by atoms with E-state index in [1.807, 2.05) is 22.9 Å². The summed E-state index contributed by atoms with van der Waals surface area (Å²) in [6.07, 6.45) is 1.03. The van der Waals surface area contributed by atoms with Crippen molar-refractivity contribution in [2.24, 2.45) is 0 Å². The second-order valence-electron chi connectivity index (χ2n) is 3.54. The minimum atomic E-state index is 0.363. The van der Waals surface area contributed by atoms with Crippen LogP contribution in [0.3, 0.4) is 0 Å². The monoisotopic (exact) mass is 190 g/mol. The van der Waals surface area contributed by atoms with E-state index in [0.29, 0.717) is 6.04 Å². The number of fused-ring (bicyclic) bond motifs is 1. The number of aromatic nitrogens is 3. The molecule has 2 N–H and O–H groups in total. The van der Waals surface area contributed by atoms with Gasteiger partial charge in [0.15, 0.2) is 0 Å². The largest absolute Gasteiger partial charge is 0.399 e. The molecule has 0 aliphatic heterocycles. The molecule has 0 spiro atoms. The zero-order valence-electron chi connectivity index (χ0n) is 8.44. The fourth-order valence-electron chi connectivity index (χ4n) is 1.45. The average Bonchev–Trinajstić information content (AvgIpc) is 2.59. The van der Waals surface area contributed by atoms with Gasteiger partial charge >= 0.3 is 0 Å². The Hall–Kier alpha value is -1.58. The van der Waals surface area contributed by atoms with Crippen LogP contribution in [0.4, 0.5) is 5.69 Å². The molecule has 4 nitrogen and oxygen atoms in total. The highest BCUT2D eigenvalue weighted by molar-refractivity contribution is 5.78. The summed E-state index contributed by atoms with van der Waals surface area (Å²) in [7, 11) is 0. The summed E-state index contributed by atoms with van der Waals surface area (Å²) < 4.78 is 1.92. The van der Waals surface area contributed by atoms with Gasteiger partial charge in [-0.1, -0.05) is 12.1 Å². The Morgan fingerprint density at radius 2 is 2.29 bits per heavy atom. The summed E-state index contributed by atoms with van der Waals surface area (Å²) in [6, 6.07) is 6.03. The van der Waals surface area contributed by atoms with Crippen molar-refractivity contribution in [2.75, 3.05) is 5.73 Å². The number of hydrogen-bond acceptors (Lipinski definition) is 3. The molecule has 0 aliphatic rings. The van der Waals surface area contributed by atoms with Crippen LogP contribution in [0, 0.1) is 0 Å². The van der Waals surface area contributed by atoms with Gasteiger partial charge in [0.1, 0.15) is 5.52 Å². The van der Waals surface area contributed by atoms with Crippen molar-refractivity contribution in [1.82, 2.24) is 15.0 Å². The summed E-state index contributed by atoms with van der Waals surface area (Å²) in [5.41, 5.74) is 8.39. The van der Waals surface area contributed by atoms with E-state index in [9.17, 15) is 0 Å². The number of nitrogen functional groups attached to an aromatic ring is 1. The fourth-order valence-corrected chi connectivity index (χ4v) is 1.45. The Bertz CT molecular complexity index is 446. The third-order valence-corrected chi connectivity index (χ3v) is 2.50. The second-order valence-corrected chi connectivity index (χ2v) is 3.54. The van der Waals surface area contributed by atoms with Crippen LogP contribution in [0.1, 0.15) is 26.3 Å². The quantitative estimate of drug-likeness (QED) is 0.737. The molecule has 0 bridgehead atoms. The number of nitrogens with two attached hydrogens (primary N) is 1. The summed E-state index contributed by atoms with van der Waals surface area (Å²) in [5, 5.41) is 8.20.